The van der Waals surface area contributed by atoms with Crippen LogP contribution < -0.4 is 4.90 Å². The van der Waals surface area contributed by atoms with Gasteiger partial charge in [0.15, 0.2) is 0 Å². The SMILES string of the molecule is CC(CCc1ccccc1)N1CCN(c2nnnn2-c2ccccc2)CC1. The molecule has 27 heavy (non-hydrogen) atoms. The van der Waals surface area contributed by atoms with Crippen LogP contribution in [0.25, 0.3) is 5.69 Å². The van der Waals surface area contributed by atoms with E-state index in [-0.39, 0.29) is 0 Å². The van der Waals surface area contributed by atoms with Crippen molar-refractivity contribution in [1.29, 1.82) is 0 Å². The quantitative estimate of drug-likeness (QED) is 0.675. The number of piperazine rings is 1. The number of anilines is 1. The van der Waals surface area contributed by atoms with Crippen molar-refractivity contribution in [3.63, 3.8) is 0 Å². The molecule has 2 aromatic carbocycles. The van der Waals surface area contributed by atoms with Gasteiger partial charge in [-0.15, -0.1) is 0 Å². The van der Waals surface area contributed by atoms with Gasteiger partial charge in [0.25, 0.3) is 0 Å². The van der Waals surface area contributed by atoms with Gasteiger partial charge in [-0.1, -0.05) is 53.6 Å². The van der Waals surface area contributed by atoms with E-state index in [2.05, 4.69) is 62.6 Å². The molecule has 0 spiro atoms. The Labute approximate surface area is 160 Å². The molecule has 0 radical (unpaired) electrons. The third kappa shape index (κ3) is 4.17. The molecule has 6 nitrogen and oxygen atoms in total. The molecule has 0 N–H and O–H groups in total. The summed E-state index contributed by atoms with van der Waals surface area (Å²) in [6.07, 6.45) is 2.32. The minimum Gasteiger partial charge on any atom is -0.337 e. The first-order valence-corrected chi connectivity index (χ1v) is 9.68. The first kappa shape index (κ1) is 17.7. The predicted octanol–water partition coefficient (Wildman–Crippen LogP) is 2.81. The van der Waals surface area contributed by atoms with E-state index in [0.717, 1.165) is 44.2 Å². The number of tetrazole rings is 1. The zero-order valence-electron chi connectivity index (χ0n) is 15.8. The molecule has 2 heterocycles. The third-order valence-corrected chi connectivity index (χ3v) is 5.37. The van der Waals surface area contributed by atoms with Crippen LogP contribution in [0, 0.1) is 0 Å². The Balaban J connectivity index is 1.34. The fourth-order valence-corrected chi connectivity index (χ4v) is 3.68. The summed E-state index contributed by atoms with van der Waals surface area (Å²) in [4.78, 5) is 4.86. The summed E-state index contributed by atoms with van der Waals surface area (Å²) in [5, 5.41) is 12.3. The van der Waals surface area contributed by atoms with Crippen LogP contribution in [0.3, 0.4) is 0 Å². The number of hydrogen-bond donors (Lipinski definition) is 0. The molecule has 0 amide bonds. The highest BCUT2D eigenvalue weighted by Gasteiger charge is 2.24. The van der Waals surface area contributed by atoms with Crippen molar-refractivity contribution in [3.8, 4) is 5.69 Å². The van der Waals surface area contributed by atoms with Gasteiger partial charge in [-0.2, -0.15) is 4.68 Å². The van der Waals surface area contributed by atoms with Crippen molar-refractivity contribution in [2.45, 2.75) is 25.8 Å². The third-order valence-electron chi connectivity index (χ3n) is 5.37. The van der Waals surface area contributed by atoms with Gasteiger partial charge in [0.05, 0.1) is 5.69 Å². The molecule has 1 aliphatic heterocycles. The van der Waals surface area contributed by atoms with E-state index >= 15 is 0 Å². The molecule has 4 rings (SSSR count). The average Bonchev–Trinajstić information content (AvgIpc) is 3.23. The molecule has 1 unspecified atom stereocenters. The fraction of sp³-hybridized carbons (Fsp3) is 0.381. The summed E-state index contributed by atoms with van der Waals surface area (Å²) in [6.45, 7) is 6.31. The Bertz CT molecular complexity index is 824. The second kappa shape index (κ2) is 8.31. The Morgan fingerprint density at radius 2 is 1.56 bits per heavy atom. The van der Waals surface area contributed by atoms with E-state index in [1.54, 1.807) is 0 Å². The van der Waals surface area contributed by atoms with Crippen molar-refractivity contribution < 1.29 is 0 Å². The molecule has 1 atom stereocenters. The van der Waals surface area contributed by atoms with Crippen LogP contribution >= 0.6 is 0 Å². The first-order valence-electron chi connectivity index (χ1n) is 9.68. The Kier molecular flexibility index (Phi) is 5.44. The highest BCUT2D eigenvalue weighted by Crippen LogP contribution is 2.19. The van der Waals surface area contributed by atoms with Crippen LogP contribution in [-0.2, 0) is 6.42 Å². The van der Waals surface area contributed by atoms with Crippen molar-refractivity contribution in [1.82, 2.24) is 25.1 Å². The van der Waals surface area contributed by atoms with E-state index in [4.69, 9.17) is 0 Å². The van der Waals surface area contributed by atoms with Crippen LogP contribution in [0.4, 0.5) is 5.95 Å². The first-order chi connectivity index (χ1) is 13.3. The summed E-state index contributed by atoms with van der Waals surface area (Å²) in [6, 6.07) is 21.4. The van der Waals surface area contributed by atoms with Gasteiger partial charge in [0.2, 0.25) is 5.95 Å². The van der Waals surface area contributed by atoms with Gasteiger partial charge in [-0.25, -0.2) is 0 Å². The van der Waals surface area contributed by atoms with E-state index in [1.165, 1.54) is 12.0 Å². The molecule has 1 saturated heterocycles. The van der Waals surface area contributed by atoms with E-state index in [9.17, 15) is 0 Å². The van der Waals surface area contributed by atoms with Crippen molar-refractivity contribution in [2.24, 2.45) is 0 Å². The highest BCUT2D eigenvalue weighted by molar-refractivity contribution is 5.40. The standard InChI is InChI=1S/C21H26N6/c1-18(12-13-19-8-4-2-5-9-19)25-14-16-26(17-15-25)21-22-23-24-27(21)20-10-6-3-7-11-20/h2-11,18H,12-17H2,1H3. The summed E-state index contributed by atoms with van der Waals surface area (Å²) in [5.41, 5.74) is 2.42. The molecule has 0 saturated carbocycles. The van der Waals surface area contributed by atoms with Gasteiger partial charge in [-0.05, 0) is 47.9 Å². The summed E-state index contributed by atoms with van der Waals surface area (Å²) < 4.78 is 1.83. The van der Waals surface area contributed by atoms with Gasteiger partial charge in [0.1, 0.15) is 0 Å². The maximum absolute atomic E-state index is 4.27. The number of aromatic nitrogens is 4. The molecular formula is C21H26N6. The summed E-state index contributed by atoms with van der Waals surface area (Å²) in [5.74, 6) is 0.831. The van der Waals surface area contributed by atoms with Crippen LogP contribution in [0.1, 0.15) is 18.9 Å². The van der Waals surface area contributed by atoms with Crippen LogP contribution in [-0.4, -0.2) is 57.3 Å². The molecule has 0 bridgehead atoms. The van der Waals surface area contributed by atoms with Crippen LogP contribution in [0.5, 0.6) is 0 Å². The molecule has 1 aromatic heterocycles. The minimum absolute atomic E-state index is 0.581. The van der Waals surface area contributed by atoms with Gasteiger partial charge in [-0.3, -0.25) is 4.90 Å². The molecule has 1 aliphatic rings. The topological polar surface area (TPSA) is 50.1 Å². The Hall–Kier alpha value is -2.73. The van der Waals surface area contributed by atoms with Crippen molar-refractivity contribution >= 4 is 5.95 Å². The van der Waals surface area contributed by atoms with Crippen LogP contribution in [0.2, 0.25) is 0 Å². The lowest BCUT2D eigenvalue weighted by molar-refractivity contribution is 0.188. The number of benzene rings is 2. The minimum atomic E-state index is 0.581. The van der Waals surface area contributed by atoms with E-state index in [1.807, 2.05) is 35.0 Å². The molecule has 6 heteroatoms. The molecular weight excluding hydrogens is 336 g/mol. The summed E-state index contributed by atoms with van der Waals surface area (Å²) >= 11 is 0. The van der Waals surface area contributed by atoms with Crippen LogP contribution in [0.15, 0.2) is 60.7 Å². The van der Waals surface area contributed by atoms with Crippen molar-refractivity contribution in [3.05, 3.63) is 66.2 Å². The zero-order valence-corrected chi connectivity index (χ0v) is 15.8. The van der Waals surface area contributed by atoms with Gasteiger partial charge >= 0.3 is 0 Å². The summed E-state index contributed by atoms with van der Waals surface area (Å²) in [7, 11) is 0. The highest BCUT2D eigenvalue weighted by atomic mass is 15.6. The average molecular weight is 362 g/mol. The monoisotopic (exact) mass is 362 g/mol. The predicted molar refractivity (Wildman–Crippen MR) is 107 cm³/mol. The Morgan fingerprint density at radius 1 is 0.889 bits per heavy atom. The zero-order chi connectivity index (χ0) is 18.5. The number of hydrogen-bond acceptors (Lipinski definition) is 5. The second-order valence-corrected chi connectivity index (χ2v) is 7.12. The molecule has 3 aromatic rings. The van der Waals surface area contributed by atoms with Gasteiger partial charge < -0.3 is 4.90 Å². The normalized spacial score (nSPS) is 16.4. The lowest BCUT2D eigenvalue weighted by Crippen LogP contribution is -2.50. The van der Waals surface area contributed by atoms with Crippen molar-refractivity contribution in [2.75, 3.05) is 31.1 Å². The number of aryl methyl sites for hydroxylation is 1. The molecule has 1 fully saturated rings. The van der Waals surface area contributed by atoms with E-state index < -0.39 is 0 Å². The lowest BCUT2D eigenvalue weighted by atomic mass is 10.0. The second-order valence-electron chi connectivity index (χ2n) is 7.12. The van der Waals surface area contributed by atoms with Gasteiger partial charge in [0, 0.05) is 32.2 Å². The maximum atomic E-state index is 4.27. The Morgan fingerprint density at radius 3 is 2.26 bits per heavy atom. The lowest BCUT2D eigenvalue weighted by Gasteiger charge is -2.38. The number of nitrogens with zero attached hydrogens (tertiary/aromatic N) is 6. The molecule has 0 aliphatic carbocycles. The number of rotatable bonds is 6. The van der Waals surface area contributed by atoms with E-state index in [0.29, 0.717) is 6.04 Å². The smallest absolute Gasteiger partial charge is 0.250 e. The fourth-order valence-electron chi connectivity index (χ4n) is 3.68. The largest absolute Gasteiger partial charge is 0.337 e. The molecule has 140 valence electrons. The number of para-hydroxylation sites is 1. The maximum Gasteiger partial charge on any atom is 0.250 e.